The third-order valence-electron chi connectivity index (χ3n) is 2.84. The average Bonchev–Trinajstić information content (AvgIpc) is 2.21. The number of hydrogen-bond donors (Lipinski definition) is 2. The summed E-state index contributed by atoms with van der Waals surface area (Å²) in [6.07, 6.45) is -3.52. The van der Waals surface area contributed by atoms with E-state index in [1.807, 2.05) is 0 Å². The van der Waals surface area contributed by atoms with E-state index in [9.17, 15) is 13.2 Å². The fraction of sp³-hybridized carbons (Fsp3) is 0.500. The van der Waals surface area contributed by atoms with Crippen molar-refractivity contribution in [2.24, 2.45) is 0 Å². The molecule has 0 aliphatic heterocycles. The molecule has 1 aromatic rings. The summed E-state index contributed by atoms with van der Waals surface area (Å²) in [6.45, 7) is 0.465. The van der Waals surface area contributed by atoms with E-state index in [2.05, 4.69) is 10.1 Å². The second kappa shape index (κ2) is 5.16. The molecule has 18 heavy (non-hydrogen) atoms. The van der Waals surface area contributed by atoms with Gasteiger partial charge in [-0.2, -0.15) is 0 Å². The zero-order valence-corrected chi connectivity index (χ0v) is 9.57. The van der Waals surface area contributed by atoms with E-state index in [-0.39, 0.29) is 17.9 Å². The molecule has 0 spiro atoms. The summed E-state index contributed by atoms with van der Waals surface area (Å²) in [4.78, 5) is 0. The zero-order chi connectivity index (χ0) is 13.2. The summed E-state index contributed by atoms with van der Waals surface area (Å²) in [5, 5.41) is 12.3. The van der Waals surface area contributed by atoms with Crippen molar-refractivity contribution >= 4 is 0 Å². The zero-order valence-electron chi connectivity index (χ0n) is 9.57. The standard InChI is InChI=1S/C12H14F3NO2/c13-12(14,15)18-11-3-1-2-8(4-11)7-16-9-5-10(17)6-9/h1-4,9-10,16-17H,5-7H2. The highest BCUT2D eigenvalue weighted by Crippen LogP contribution is 2.24. The summed E-state index contributed by atoms with van der Waals surface area (Å²) >= 11 is 0. The van der Waals surface area contributed by atoms with Crippen molar-refractivity contribution in [3.8, 4) is 5.75 Å². The van der Waals surface area contributed by atoms with Crippen LogP contribution in [0, 0.1) is 0 Å². The van der Waals surface area contributed by atoms with Crippen LogP contribution in [0.3, 0.4) is 0 Å². The Balaban J connectivity index is 1.87. The summed E-state index contributed by atoms with van der Waals surface area (Å²) in [6, 6.07) is 6.12. The van der Waals surface area contributed by atoms with Crippen LogP contribution in [0.4, 0.5) is 13.2 Å². The minimum atomic E-state index is -4.66. The van der Waals surface area contributed by atoms with Crippen molar-refractivity contribution in [1.29, 1.82) is 0 Å². The van der Waals surface area contributed by atoms with E-state index >= 15 is 0 Å². The number of hydrogen-bond acceptors (Lipinski definition) is 3. The lowest BCUT2D eigenvalue weighted by Crippen LogP contribution is -2.43. The average molecular weight is 261 g/mol. The van der Waals surface area contributed by atoms with Crippen molar-refractivity contribution < 1.29 is 23.0 Å². The third kappa shape index (κ3) is 3.89. The molecule has 1 aromatic carbocycles. The Labute approximate surface area is 103 Å². The molecule has 2 N–H and O–H groups in total. The van der Waals surface area contributed by atoms with E-state index in [1.165, 1.54) is 18.2 Å². The highest BCUT2D eigenvalue weighted by molar-refractivity contribution is 5.28. The normalized spacial score (nSPS) is 23.6. The molecular formula is C12H14F3NO2. The molecule has 0 heterocycles. The highest BCUT2D eigenvalue weighted by Gasteiger charge is 2.31. The number of alkyl halides is 3. The summed E-state index contributed by atoms with van der Waals surface area (Å²) < 4.78 is 39.9. The number of nitrogens with one attached hydrogen (secondary N) is 1. The largest absolute Gasteiger partial charge is 0.573 e. The fourth-order valence-electron chi connectivity index (χ4n) is 1.87. The molecule has 0 unspecified atom stereocenters. The first-order valence-electron chi connectivity index (χ1n) is 5.68. The van der Waals surface area contributed by atoms with Gasteiger partial charge in [-0.05, 0) is 30.5 Å². The number of halogens is 3. The lowest BCUT2D eigenvalue weighted by molar-refractivity contribution is -0.274. The Morgan fingerprint density at radius 2 is 2.06 bits per heavy atom. The molecule has 0 atom stereocenters. The summed E-state index contributed by atoms with van der Waals surface area (Å²) in [5.41, 5.74) is 0.720. The Hall–Kier alpha value is -1.27. The van der Waals surface area contributed by atoms with Gasteiger partial charge in [-0.3, -0.25) is 0 Å². The van der Waals surface area contributed by atoms with Gasteiger partial charge in [0.2, 0.25) is 0 Å². The van der Waals surface area contributed by atoms with Gasteiger partial charge in [-0.15, -0.1) is 13.2 Å². The minimum absolute atomic E-state index is 0.213. The highest BCUT2D eigenvalue weighted by atomic mass is 19.4. The molecule has 0 saturated heterocycles. The molecule has 0 radical (unpaired) electrons. The molecular weight excluding hydrogens is 247 g/mol. The van der Waals surface area contributed by atoms with Crippen molar-refractivity contribution in [1.82, 2.24) is 5.32 Å². The van der Waals surface area contributed by atoms with Gasteiger partial charge < -0.3 is 15.2 Å². The van der Waals surface area contributed by atoms with Gasteiger partial charge in [-0.1, -0.05) is 12.1 Å². The molecule has 1 aliphatic rings. The second-order valence-corrected chi connectivity index (χ2v) is 4.40. The quantitative estimate of drug-likeness (QED) is 0.873. The molecule has 0 amide bonds. The van der Waals surface area contributed by atoms with Crippen LogP contribution in [-0.4, -0.2) is 23.6 Å². The van der Waals surface area contributed by atoms with Gasteiger partial charge >= 0.3 is 6.36 Å². The van der Waals surface area contributed by atoms with Crippen molar-refractivity contribution in [3.63, 3.8) is 0 Å². The van der Waals surface area contributed by atoms with E-state index in [4.69, 9.17) is 5.11 Å². The predicted molar refractivity (Wildman–Crippen MR) is 59.0 cm³/mol. The van der Waals surface area contributed by atoms with Crippen LogP contribution in [0.1, 0.15) is 18.4 Å². The topological polar surface area (TPSA) is 41.5 Å². The maximum absolute atomic E-state index is 12.0. The molecule has 1 fully saturated rings. The lowest BCUT2D eigenvalue weighted by Gasteiger charge is -2.32. The van der Waals surface area contributed by atoms with Gasteiger partial charge in [0.15, 0.2) is 0 Å². The van der Waals surface area contributed by atoms with Crippen LogP contribution < -0.4 is 10.1 Å². The number of aliphatic hydroxyl groups is 1. The van der Waals surface area contributed by atoms with Gasteiger partial charge in [0.05, 0.1) is 6.10 Å². The van der Waals surface area contributed by atoms with Gasteiger partial charge in [0, 0.05) is 12.6 Å². The Morgan fingerprint density at radius 3 is 2.67 bits per heavy atom. The number of rotatable bonds is 4. The van der Waals surface area contributed by atoms with Crippen LogP contribution in [0.25, 0.3) is 0 Å². The van der Waals surface area contributed by atoms with E-state index < -0.39 is 6.36 Å². The summed E-state index contributed by atoms with van der Waals surface area (Å²) in [7, 11) is 0. The first-order valence-corrected chi connectivity index (χ1v) is 5.68. The number of benzene rings is 1. The van der Waals surface area contributed by atoms with Gasteiger partial charge in [-0.25, -0.2) is 0 Å². The van der Waals surface area contributed by atoms with Crippen molar-refractivity contribution in [2.45, 2.75) is 37.9 Å². The maximum Gasteiger partial charge on any atom is 0.573 e. The molecule has 3 nitrogen and oxygen atoms in total. The van der Waals surface area contributed by atoms with Crippen LogP contribution in [-0.2, 0) is 6.54 Å². The fourth-order valence-corrected chi connectivity index (χ4v) is 1.87. The first-order chi connectivity index (χ1) is 8.42. The predicted octanol–water partition coefficient (Wildman–Crippen LogP) is 2.20. The molecule has 1 saturated carbocycles. The van der Waals surface area contributed by atoms with Crippen molar-refractivity contribution in [2.75, 3.05) is 0 Å². The first kappa shape index (κ1) is 13.2. The molecule has 0 aromatic heterocycles. The van der Waals surface area contributed by atoms with Crippen LogP contribution in [0.2, 0.25) is 0 Å². The Bertz CT molecular complexity index is 403. The van der Waals surface area contributed by atoms with Gasteiger partial charge in [0.25, 0.3) is 0 Å². The molecule has 0 bridgehead atoms. The Morgan fingerprint density at radius 1 is 1.33 bits per heavy atom. The van der Waals surface area contributed by atoms with Crippen LogP contribution >= 0.6 is 0 Å². The lowest BCUT2D eigenvalue weighted by atomic mass is 9.89. The maximum atomic E-state index is 12.0. The van der Waals surface area contributed by atoms with Crippen LogP contribution in [0.15, 0.2) is 24.3 Å². The summed E-state index contributed by atoms with van der Waals surface area (Å²) in [5.74, 6) is -0.213. The van der Waals surface area contributed by atoms with Gasteiger partial charge in [0.1, 0.15) is 5.75 Å². The second-order valence-electron chi connectivity index (χ2n) is 4.40. The van der Waals surface area contributed by atoms with Crippen LogP contribution in [0.5, 0.6) is 5.75 Å². The Kier molecular flexibility index (Phi) is 3.77. The molecule has 1 aliphatic carbocycles. The van der Waals surface area contributed by atoms with Crippen molar-refractivity contribution in [3.05, 3.63) is 29.8 Å². The monoisotopic (exact) mass is 261 g/mol. The molecule has 100 valence electrons. The minimum Gasteiger partial charge on any atom is -0.406 e. The third-order valence-corrected chi connectivity index (χ3v) is 2.84. The number of aliphatic hydroxyl groups excluding tert-OH is 1. The molecule has 6 heteroatoms. The van der Waals surface area contributed by atoms with E-state index in [0.717, 1.165) is 5.56 Å². The smallest absolute Gasteiger partial charge is 0.406 e. The molecule has 2 rings (SSSR count). The van der Waals surface area contributed by atoms with E-state index in [1.54, 1.807) is 6.07 Å². The number of ether oxygens (including phenoxy) is 1. The SMILES string of the molecule is OC1CC(NCc2cccc(OC(F)(F)F)c2)C1. The van der Waals surface area contributed by atoms with E-state index in [0.29, 0.717) is 19.4 Å².